The number of thiophene rings is 1. The van der Waals surface area contributed by atoms with E-state index in [1.165, 1.54) is 16.2 Å². The smallest absolute Gasteiger partial charge is 0.257 e. The summed E-state index contributed by atoms with van der Waals surface area (Å²) >= 11 is 1.54. The van der Waals surface area contributed by atoms with E-state index in [2.05, 4.69) is 21.8 Å². The molecule has 0 saturated heterocycles. The van der Waals surface area contributed by atoms with Crippen molar-refractivity contribution in [2.24, 2.45) is 0 Å². The van der Waals surface area contributed by atoms with Crippen LogP contribution in [0.3, 0.4) is 0 Å². The number of carbonyl (C=O) groups is 2. The highest BCUT2D eigenvalue weighted by Crippen LogP contribution is 2.41. The lowest BCUT2D eigenvalue weighted by Gasteiger charge is -2.27. The Morgan fingerprint density at radius 3 is 2.58 bits per heavy atom. The zero-order valence-electron chi connectivity index (χ0n) is 15.2. The number of aryl methyl sites for hydroxylation is 1. The van der Waals surface area contributed by atoms with Gasteiger partial charge in [0.1, 0.15) is 11.5 Å². The summed E-state index contributed by atoms with van der Waals surface area (Å²) in [5, 5.41) is 0.762. The first kappa shape index (κ1) is 17.0. The van der Waals surface area contributed by atoms with Crippen LogP contribution < -0.4 is 9.80 Å². The quantitative estimate of drug-likeness (QED) is 0.804. The summed E-state index contributed by atoms with van der Waals surface area (Å²) in [6, 6.07) is 0. The summed E-state index contributed by atoms with van der Waals surface area (Å²) in [6.45, 7) is 3.62. The summed E-state index contributed by atoms with van der Waals surface area (Å²) < 4.78 is 0. The van der Waals surface area contributed by atoms with Crippen LogP contribution >= 0.6 is 11.3 Å². The van der Waals surface area contributed by atoms with E-state index in [0.29, 0.717) is 18.1 Å². The zero-order valence-corrected chi connectivity index (χ0v) is 16.0. The van der Waals surface area contributed by atoms with Crippen LogP contribution in [0.15, 0.2) is 12.4 Å². The van der Waals surface area contributed by atoms with E-state index >= 15 is 0 Å². The number of likely N-dealkylation sites (N-methyl/N-ethyl adjacent to an activating group) is 2. The maximum absolute atomic E-state index is 12.8. The van der Waals surface area contributed by atoms with Gasteiger partial charge in [-0.25, -0.2) is 9.97 Å². The Balaban J connectivity index is 1.69. The minimum absolute atomic E-state index is 0.0615. The summed E-state index contributed by atoms with van der Waals surface area (Å²) in [6.07, 6.45) is 5.40. The Hall–Kier alpha value is -2.48. The molecule has 0 saturated carbocycles. The van der Waals surface area contributed by atoms with Gasteiger partial charge in [-0.3, -0.25) is 9.59 Å². The molecule has 4 heterocycles. The van der Waals surface area contributed by atoms with Gasteiger partial charge in [-0.1, -0.05) is 6.92 Å². The molecule has 0 N–H and O–H groups in total. The van der Waals surface area contributed by atoms with Crippen molar-refractivity contribution in [1.82, 2.24) is 14.9 Å². The van der Waals surface area contributed by atoms with Crippen molar-refractivity contribution < 1.29 is 9.59 Å². The van der Waals surface area contributed by atoms with E-state index in [1.54, 1.807) is 19.0 Å². The molecule has 8 heteroatoms. The van der Waals surface area contributed by atoms with E-state index in [0.717, 1.165) is 40.4 Å². The van der Waals surface area contributed by atoms with Crippen molar-refractivity contribution in [3.8, 4) is 0 Å². The molecule has 2 amide bonds. The fourth-order valence-corrected chi connectivity index (χ4v) is 4.73. The first-order valence-electron chi connectivity index (χ1n) is 8.72. The van der Waals surface area contributed by atoms with Gasteiger partial charge in [0.05, 0.1) is 12.1 Å². The molecule has 0 atom stereocenters. The molecule has 2 aliphatic heterocycles. The minimum Gasteiger partial charge on any atom is -0.335 e. The Morgan fingerprint density at radius 1 is 1.15 bits per heavy atom. The van der Waals surface area contributed by atoms with Gasteiger partial charge in [0.25, 0.3) is 5.91 Å². The second-order valence-electron chi connectivity index (χ2n) is 6.71. The van der Waals surface area contributed by atoms with Crippen LogP contribution in [0.2, 0.25) is 0 Å². The van der Waals surface area contributed by atoms with Gasteiger partial charge < -0.3 is 14.7 Å². The van der Waals surface area contributed by atoms with Crippen LogP contribution in [0, 0.1) is 0 Å². The average molecular weight is 371 g/mol. The molecule has 0 aliphatic carbocycles. The first-order valence-corrected chi connectivity index (χ1v) is 9.53. The van der Waals surface area contributed by atoms with Crippen LogP contribution in [0.5, 0.6) is 0 Å². The monoisotopic (exact) mass is 371 g/mol. The Bertz CT molecular complexity index is 876. The van der Waals surface area contributed by atoms with Crippen molar-refractivity contribution >= 4 is 34.1 Å². The molecule has 2 aromatic rings. The summed E-state index contributed by atoms with van der Waals surface area (Å²) in [5.41, 5.74) is 2.88. The number of rotatable bonds is 2. The van der Waals surface area contributed by atoms with Crippen molar-refractivity contribution in [1.29, 1.82) is 0 Å². The fraction of sp³-hybridized carbons (Fsp3) is 0.444. The standard InChI is InChI=1S/C18H21N5O2S/c1-4-11-7-19-18(20-8-11)23-6-5-12-13(9-23)26-17-15(12)16(25)21(2)10-14(24)22(17)3/h7-8H,4-6,9-10H2,1-3H3. The maximum Gasteiger partial charge on any atom is 0.257 e. The van der Waals surface area contributed by atoms with Crippen molar-refractivity contribution in [3.63, 3.8) is 0 Å². The number of carbonyl (C=O) groups excluding carboxylic acids is 2. The molecule has 0 fully saturated rings. The molecule has 136 valence electrons. The van der Waals surface area contributed by atoms with E-state index in [9.17, 15) is 9.59 Å². The molecular weight excluding hydrogens is 350 g/mol. The van der Waals surface area contributed by atoms with Crippen LogP contribution in [-0.4, -0.2) is 53.9 Å². The number of aromatic nitrogens is 2. The third-order valence-corrected chi connectivity index (χ3v) is 6.33. The number of hydrogen-bond donors (Lipinski definition) is 0. The van der Waals surface area contributed by atoms with E-state index in [1.807, 2.05) is 12.4 Å². The lowest BCUT2D eigenvalue weighted by atomic mass is 10.0. The predicted octanol–water partition coefficient (Wildman–Crippen LogP) is 1.71. The largest absolute Gasteiger partial charge is 0.335 e. The molecule has 2 aliphatic rings. The number of hydrogen-bond acceptors (Lipinski definition) is 6. The number of amides is 2. The minimum atomic E-state index is -0.0628. The summed E-state index contributed by atoms with van der Waals surface area (Å²) in [5.74, 6) is 0.588. The van der Waals surface area contributed by atoms with Crippen LogP contribution in [0.25, 0.3) is 0 Å². The summed E-state index contributed by atoms with van der Waals surface area (Å²) in [4.78, 5) is 40.4. The van der Waals surface area contributed by atoms with E-state index in [4.69, 9.17) is 0 Å². The number of nitrogens with zero attached hydrogens (tertiary/aromatic N) is 5. The van der Waals surface area contributed by atoms with Crippen LogP contribution in [-0.2, 0) is 24.2 Å². The second-order valence-corrected chi connectivity index (χ2v) is 7.80. The SMILES string of the molecule is CCc1cnc(N2CCc3c(sc4c3C(=O)N(C)CC(=O)N4C)C2)nc1. The lowest BCUT2D eigenvalue weighted by molar-refractivity contribution is -0.118. The van der Waals surface area contributed by atoms with E-state index in [-0.39, 0.29) is 18.4 Å². The lowest BCUT2D eigenvalue weighted by Crippen LogP contribution is -2.36. The highest BCUT2D eigenvalue weighted by atomic mass is 32.1. The van der Waals surface area contributed by atoms with Gasteiger partial charge in [0.2, 0.25) is 11.9 Å². The molecule has 26 heavy (non-hydrogen) atoms. The predicted molar refractivity (Wildman–Crippen MR) is 101 cm³/mol. The molecule has 0 radical (unpaired) electrons. The fourth-order valence-electron chi connectivity index (χ4n) is 3.40. The molecule has 2 aromatic heterocycles. The highest BCUT2D eigenvalue weighted by Gasteiger charge is 2.35. The second kappa shape index (κ2) is 6.35. The molecule has 7 nitrogen and oxygen atoms in total. The van der Waals surface area contributed by atoms with E-state index < -0.39 is 0 Å². The third-order valence-electron chi connectivity index (χ3n) is 5.03. The average Bonchev–Trinajstić information content (AvgIpc) is 3.01. The summed E-state index contributed by atoms with van der Waals surface area (Å²) in [7, 11) is 3.44. The van der Waals surface area contributed by atoms with Gasteiger partial charge in [0, 0.05) is 37.9 Å². The first-order chi connectivity index (χ1) is 12.5. The Morgan fingerprint density at radius 2 is 1.88 bits per heavy atom. The van der Waals surface area contributed by atoms with Gasteiger partial charge in [0.15, 0.2) is 0 Å². The molecular formula is C18H21N5O2S. The van der Waals surface area contributed by atoms with Crippen LogP contribution in [0.4, 0.5) is 10.9 Å². The zero-order chi connectivity index (χ0) is 18.4. The number of anilines is 2. The van der Waals surface area contributed by atoms with Crippen molar-refractivity contribution in [2.45, 2.75) is 26.3 Å². The van der Waals surface area contributed by atoms with Crippen molar-refractivity contribution in [2.75, 3.05) is 37.0 Å². The molecule has 0 unspecified atom stereocenters. The van der Waals surface area contributed by atoms with Crippen LogP contribution in [0.1, 0.15) is 33.3 Å². The maximum atomic E-state index is 12.8. The topological polar surface area (TPSA) is 69.6 Å². The normalized spacial score (nSPS) is 17.3. The van der Waals surface area contributed by atoms with Gasteiger partial charge in [-0.05, 0) is 24.0 Å². The highest BCUT2D eigenvalue weighted by molar-refractivity contribution is 7.17. The molecule has 0 aromatic carbocycles. The number of fused-ring (bicyclic) bond motifs is 3. The third kappa shape index (κ3) is 2.65. The molecule has 4 rings (SSSR count). The Labute approximate surface area is 156 Å². The van der Waals surface area contributed by atoms with Gasteiger partial charge in [-0.2, -0.15) is 0 Å². The molecule has 0 bridgehead atoms. The van der Waals surface area contributed by atoms with Gasteiger partial charge in [-0.15, -0.1) is 11.3 Å². The van der Waals surface area contributed by atoms with Crippen molar-refractivity contribution in [3.05, 3.63) is 34.0 Å². The Kier molecular flexibility index (Phi) is 4.14. The molecule has 0 spiro atoms. The van der Waals surface area contributed by atoms with Gasteiger partial charge >= 0.3 is 0 Å².